The summed E-state index contributed by atoms with van der Waals surface area (Å²) >= 11 is 6.07. The van der Waals surface area contributed by atoms with E-state index in [1.165, 1.54) is 20.3 Å². The molecule has 0 aliphatic rings. The third-order valence-corrected chi connectivity index (χ3v) is 2.69. The Balaban J connectivity index is 2.82. The Labute approximate surface area is 103 Å². The number of rotatable bonds is 2. The van der Waals surface area contributed by atoms with Crippen molar-refractivity contribution >= 4 is 28.5 Å². The molecule has 0 atom stereocenters. The number of hydrogen-bond acceptors (Lipinski definition) is 4. The fourth-order valence-corrected chi connectivity index (χ4v) is 1.93. The summed E-state index contributed by atoms with van der Waals surface area (Å²) in [5.41, 5.74) is 0.888. The van der Waals surface area contributed by atoms with E-state index in [0.29, 0.717) is 27.2 Å². The third kappa shape index (κ3) is 1.91. The van der Waals surface area contributed by atoms with E-state index in [9.17, 15) is 4.79 Å². The second-order valence-corrected chi connectivity index (χ2v) is 3.74. The number of halogens is 1. The summed E-state index contributed by atoms with van der Waals surface area (Å²) in [6.07, 6.45) is 1.63. The maximum atomic E-state index is 11.6. The zero-order valence-electron chi connectivity index (χ0n) is 9.36. The molecule has 0 fully saturated rings. The van der Waals surface area contributed by atoms with Crippen molar-refractivity contribution in [3.63, 3.8) is 0 Å². The lowest BCUT2D eigenvalue weighted by Gasteiger charge is -2.10. The quantitative estimate of drug-likeness (QED) is 0.770. The number of carbonyl (C=O) groups is 1. The Morgan fingerprint density at radius 1 is 1.41 bits per heavy atom. The van der Waals surface area contributed by atoms with Crippen molar-refractivity contribution in [2.75, 3.05) is 14.2 Å². The first kappa shape index (κ1) is 11.7. The predicted molar refractivity (Wildman–Crippen MR) is 64.6 cm³/mol. The number of aromatic nitrogens is 1. The Kier molecular flexibility index (Phi) is 3.15. The molecule has 0 saturated carbocycles. The predicted octanol–water partition coefficient (Wildman–Crippen LogP) is 2.68. The van der Waals surface area contributed by atoms with Crippen LogP contribution in [0.5, 0.6) is 5.75 Å². The van der Waals surface area contributed by atoms with Crippen LogP contribution in [0.2, 0.25) is 5.02 Å². The van der Waals surface area contributed by atoms with Crippen LogP contribution in [0, 0.1) is 0 Å². The minimum atomic E-state index is -0.491. The average Bonchev–Trinajstić information content (AvgIpc) is 2.38. The molecule has 0 aliphatic heterocycles. The Morgan fingerprint density at radius 3 is 2.82 bits per heavy atom. The van der Waals surface area contributed by atoms with Gasteiger partial charge >= 0.3 is 5.97 Å². The highest BCUT2D eigenvalue weighted by atomic mass is 35.5. The molecule has 17 heavy (non-hydrogen) atoms. The van der Waals surface area contributed by atoms with Crippen molar-refractivity contribution in [1.29, 1.82) is 0 Å². The number of benzene rings is 1. The molecule has 5 heteroatoms. The van der Waals surface area contributed by atoms with E-state index in [2.05, 4.69) is 9.72 Å². The monoisotopic (exact) mass is 251 g/mol. The molecule has 0 N–H and O–H groups in total. The summed E-state index contributed by atoms with van der Waals surface area (Å²) in [7, 11) is 2.80. The molecule has 0 spiro atoms. The van der Waals surface area contributed by atoms with Gasteiger partial charge in [0.05, 0.1) is 24.8 Å². The molecule has 88 valence electrons. The topological polar surface area (TPSA) is 48.4 Å². The largest absolute Gasteiger partial charge is 0.495 e. The molecule has 0 saturated heterocycles. The van der Waals surface area contributed by atoms with Crippen LogP contribution >= 0.6 is 11.6 Å². The van der Waals surface area contributed by atoms with Gasteiger partial charge in [0.1, 0.15) is 11.3 Å². The highest BCUT2D eigenvalue weighted by Gasteiger charge is 2.18. The van der Waals surface area contributed by atoms with Gasteiger partial charge in [0, 0.05) is 11.6 Å². The molecule has 1 aromatic carbocycles. The molecule has 0 radical (unpaired) electrons. The Morgan fingerprint density at radius 2 is 2.18 bits per heavy atom. The van der Waals surface area contributed by atoms with Gasteiger partial charge < -0.3 is 9.47 Å². The van der Waals surface area contributed by atoms with Gasteiger partial charge in [0.25, 0.3) is 0 Å². The normalized spacial score (nSPS) is 10.3. The van der Waals surface area contributed by atoms with Gasteiger partial charge in [-0.2, -0.15) is 0 Å². The van der Waals surface area contributed by atoms with Crippen molar-refractivity contribution in [3.8, 4) is 5.75 Å². The summed E-state index contributed by atoms with van der Waals surface area (Å²) in [5, 5.41) is 1.07. The van der Waals surface area contributed by atoms with Crippen molar-refractivity contribution in [1.82, 2.24) is 4.98 Å². The lowest BCUT2D eigenvalue weighted by Crippen LogP contribution is -2.05. The fourth-order valence-electron chi connectivity index (χ4n) is 1.67. The number of hydrogen-bond donors (Lipinski definition) is 0. The number of carbonyl (C=O) groups excluding carboxylic acids is 1. The Hall–Kier alpha value is -1.81. The van der Waals surface area contributed by atoms with E-state index >= 15 is 0 Å². The van der Waals surface area contributed by atoms with Crippen LogP contribution in [0.1, 0.15) is 10.4 Å². The molecule has 2 aromatic rings. The summed E-state index contributed by atoms with van der Waals surface area (Å²) in [5.74, 6) is -0.0705. The zero-order chi connectivity index (χ0) is 12.4. The van der Waals surface area contributed by atoms with Crippen LogP contribution in [0.15, 0.2) is 24.4 Å². The maximum absolute atomic E-state index is 11.6. The average molecular weight is 252 g/mol. The van der Waals surface area contributed by atoms with E-state index in [1.54, 1.807) is 18.3 Å². The van der Waals surface area contributed by atoms with Crippen molar-refractivity contribution in [3.05, 3.63) is 35.0 Å². The Bertz CT molecular complexity index is 583. The molecular formula is C12H10ClNO3. The second-order valence-electron chi connectivity index (χ2n) is 3.33. The van der Waals surface area contributed by atoms with Gasteiger partial charge in [-0.1, -0.05) is 11.6 Å². The minimum absolute atomic E-state index is 0.292. The number of fused-ring (bicyclic) bond motifs is 1. The molecule has 2 rings (SSSR count). The van der Waals surface area contributed by atoms with Crippen LogP contribution in [-0.4, -0.2) is 25.2 Å². The van der Waals surface area contributed by atoms with Crippen LogP contribution < -0.4 is 4.74 Å². The molecule has 0 aliphatic carbocycles. The van der Waals surface area contributed by atoms with E-state index in [-0.39, 0.29) is 0 Å². The maximum Gasteiger partial charge on any atom is 0.341 e. The SMILES string of the molecule is COC(=O)c1cc(Cl)c2ncccc2c1OC. The summed E-state index contributed by atoms with van der Waals surface area (Å²) in [6.45, 7) is 0. The van der Waals surface area contributed by atoms with Gasteiger partial charge in [0.2, 0.25) is 0 Å². The highest BCUT2D eigenvalue weighted by Crippen LogP contribution is 2.34. The van der Waals surface area contributed by atoms with E-state index in [1.807, 2.05) is 0 Å². The molecule has 0 amide bonds. The number of pyridine rings is 1. The van der Waals surface area contributed by atoms with Crippen LogP contribution in [0.4, 0.5) is 0 Å². The number of esters is 1. The van der Waals surface area contributed by atoms with Crippen LogP contribution in [-0.2, 0) is 4.74 Å². The van der Waals surface area contributed by atoms with Gasteiger partial charge in [-0.3, -0.25) is 4.98 Å². The first-order chi connectivity index (χ1) is 8.19. The fraction of sp³-hybridized carbons (Fsp3) is 0.167. The second kappa shape index (κ2) is 4.59. The highest BCUT2D eigenvalue weighted by molar-refractivity contribution is 6.35. The van der Waals surface area contributed by atoms with Crippen LogP contribution in [0.3, 0.4) is 0 Å². The van der Waals surface area contributed by atoms with E-state index in [0.717, 1.165) is 0 Å². The van der Waals surface area contributed by atoms with Crippen molar-refractivity contribution in [2.45, 2.75) is 0 Å². The first-order valence-electron chi connectivity index (χ1n) is 4.88. The zero-order valence-corrected chi connectivity index (χ0v) is 10.1. The lowest BCUT2D eigenvalue weighted by atomic mass is 10.1. The van der Waals surface area contributed by atoms with Gasteiger partial charge in [-0.05, 0) is 18.2 Å². The van der Waals surface area contributed by atoms with Crippen molar-refractivity contribution < 1.29 is 14.3 Å². The minimum Gasteiger partial charge on any atom is -0.495 e. The van der Waals surface area contributed by atoms with Gasteiger partial charge in [0.15, 0.2) is 0 Å². The third-order valence-electron chi connectivity index (χ3n) is 2.40. The smallest absolute Gasteiger partial charge is 0.341 e. The number of methoxy groups -OCH3 is 2. The van der Waals surface area contributed by atoms with Crippen molar-refractivity contribution in [2.24, 2.45) is 0 Å². The van der Waals surface area contributed by atoms with Gasteiger partial charge in [-0.25, -0.2) is 4.79 Å². The van der Waals surface area contributed by atoms with Gasteiger partial charge in [-0.15, -0.1) is 0 Å². The molecule has 1 aromatic heterocycles. The number of nitrogens with zero attached hydrogens (tertiary/aromatic N) is 1. The number of ether oxygens (including phenoxy) is 2. The molecule has 1 heterocycles. The molecule has 0 unspecified atom stereocenters. The standard InChI is InChI=1S/C12H10ClNO3/c1-16-11-7-4-3-5-14-10(7)9(13)6-8(11)12(15)17-2/h3-6H,1-2H3. The molecule has 4 nitrogen and oxygen atoms in total. The van der Waals surface area contributed by atoms with E-state index in [4.69, 9.17) is 16.3 Å². The molecular weight excluding hydrogens is 242 g/mol. The lowest BCUT2D eigenvalue weighted by molar-refractivity contribution is 0.0597. The first-order valence-corrected chi connectivity index (χ1v) is 5.26. The molecule has 0 bridgehead atoms. The summed E-state index contributed by atoms with van der Waals surface area (Å²) in [6, 6.07) is 5.04. The summed E-state index contributed by atoms with van der Waals surface area (Å²) < 4.78 is 9.92. The van der Waals surface area contributed by atoms with Crippen LogP contribution in [0.25, 0.3) is 10.9 Å². The summed E-state index contributed by atoms with van der Waals surface area (Å²) in [4.78, 5) is 15.8. The van der Waals surface area contributed by atoms with E-state index < -0.39 is 5.97 Å².